The van der Waals surface area contributed by atoms with Crippen molar-refractivity contribution < 1.29 is 14.6 Å². The SMILES string of the molecule is BNC(CCO)Cc1ccc(-c2cn(CC)c(C(=O)OCC)n2)cc1. The summed E-state index contributed by atoms with van der Waals surface area (Å²) >= 11 is 0. The molecule has 1 atom stereocenters. The average molecular weight is 343 g/mol. The topological polar surface area (TPSA) is 76.4 Å². The quantitative estimate of drug-likeness (QED) is 0.528. The van der Waals surface area contributed by atoms with Gasteiger partial charge in [0.05, 0.1) is 12.3 Å². The third kappa shape index (κ3) is 4.93. The first kappa shape index (κ1) is 19.2. The highest BCUT2D eigenvalue weighted by molar-refractivity contribution is 6.04. The molecule has 134 valence electrons. The number of esters is 1. The highest BCUT2D eigenvalue weighted by atomic mass is 16.5. The third-order valence-electron chi connectivity index (χ3n) is 4.19. The van der Waals surface area contributed by atoms with Gasteiger partial charge in [-0.1, -0.05) is 24.3 Å². The van der Waals surface area contributed by atoms with E-state index in [4.69, 9.17) is 9.84 Å². The summed E-state index contributed by atoms with van der Waals surface area (Å²) in [6.07, 6.45) is 3.46. The van der Waals surface area contributed by atoms with Crippen molar-refractivity contribution in [1.82, 2.24) is 14.8 Å². The van der Waals surface area contributed by atoms with Gasteiger partial charge in [0, 0.05) is 31.0 Å². The molecule has 0 saturated heterocycles. The molecule has 2 aromatic rings. The standard InChI is InChI=1S/C18H26BN3O3/c1-3-22-12-16(20-17(22)18(24)25-4-2)14-7-5-13(6-8-14)11-15(21-19)9-10-23/h5-8,12,15,21,23H,3-4,9-11,19H2,1-2H3. The van der Waals surface area contributed by atoms with Gasteiger partial charge in [0.15, 0.2) is 7.98 Å². The van der Waals surface area contributed by atoms with Crippen molar-refractivity contribution in [3.8, 4) is 11.3 Å². The predicted molar refractivity (Wildman–Crippen MR) is 100 cm³/mol. The van der Waals surface area contributed by atoms with Gasteiger partial charge in [-0.05, 0) is 32.3 Å². The minimum atomic E-state index is -0.395. The van der Waals surface area contributed by atoms with Gasteiger partial charge in [0.2, 0.25) is 5.82 Å². The number of aliphatic hydroxyl groups is 1. The number of hydrogen-bond acceptors (Lipinski definition) is 5. The van der Waals surface area contributed by atoms with Gasteiger partial charge in [0.1, 0.15) is 0 Å². The maximum Gasteiger partial charge on any atom is 0.374 e. The first-order valence-corrected chi connectivity index (χ1v) is 8.74. The fourth-order valence-electron chi connectivity index (χ4n) is 2.76. The van der Waals surface area contributed by atoms with Gasteiger partial charge >= 0.3 is 5.97 Å². The number of carbonyl (C=O) groups excluding carboxylic acids is 1. The minimum absolute atomic E-state index is 0.175. The van der Waals surface area contributed by atoms with Crippen LogP contribution >= 0.6 is 0 Å². The Balaban J connectivity index is 2.18. The zero-order valence-corrected chi connectivity index (χ0v) is 15.2. The van der Waals surface area contributed by atoms with E-state index in [2.05, 4.69) is 22.3 Å². The Bertz CT molecular complexity index is 685. The lowest BCUT2D eigenvalue weighted by atomic mass is 10.0. The van der Waals surface area contributed by atoms with Crippen molar-refractivity contribution in [1.29, 1.82) is 0 Å². The van der Waals surface area contributed by atoms with E-state index in [1.807, 2.05) is 33.2 Å². The second-order valence-corrected chi connectivity index (χ2v) is 5.86. The molecular formula is C18H26BN3O3. The fraction of sp³-hybridized carbons (Fsp3) is 0.444. The van der Waals surface area contributed by atoms with Crippen LogP contribution in [0.1, 0.15) is 36.5 Å². The van der Waals surface area contributed by atoms with Crippen molar-refractivity contribution in [3.05, 3.63) is 41.9 Å². The van der Waals surface area contributed by atoms with Crippen LogP contribution in [0, 0.1) is 0 Å². The van der Waals surface area contributed by atoms with Gasteiger partial charge in [-0.2, -0.15) is 0 Å². The second-order valence-electron chi connectivity index (χ2n) is 5.86. The predicted octanol–water partition coefficient (Wildman–Crippen LogP) is 1.18. The molecular weight excluding hydrogens is 317 g/mol. The monoisotopic (exact) mass is 343 g/mol. The molecule has 0 bridgehead atoms. The summed E-state index contributed by atoms with van der Waals surface area (Å²) in [6, 6.07) is 8.40. The zero-order valence-electron chi connectivity index (χ0n) is 15.2. The Labute approximate surface area is 149 Å². The zero-order chi connectivity index (χ0) is 18.2. The van der Waals surface area contributed by atoms with Gasteiger partial charge in [0.25, 0.3) is 0 Å². The summed E-state index contributed by atoms with van der Waals surface area (Å²) in [7, 11) is 1.91. The molecule has 0 aliphatic rings. The van der Waals surface area contributed by atoms with E-state index in [0.717, 1.165) is 24.1 Å². The number of hydrogen-bond donors (Lipinski definition) is 2. The summed E-state index contributed by atoms with van der Waals surface area (Å²) in [4.78, 5) is 16.5. The minimum Gasteiger partial charge on any atom is -0.460 e. The van der Waals surface area contributed by atoms with Crippen molar-refractivity contribution in [2.24, 2.45) is 0 Å². The van der Waals surface area contributed by atoms with Crippen LogP contribution in [0.5, 0.6) is 0 Å². The second kappa shape index (κ2) is 9.39. The van der Waals surface area contributed by atoms with Gasteiger partial charge in [-0.3, -0.25) is 0 Å². The number of carbonyl (C=O) groups is 1. The lowest BCUT2D eigenvalue weighted by Gasteiger charge is -2.15. The molecule has 1 heterocycles. The maximum atomic E-state index is 12.0. The van der Waals surface area contributed by atoms with Crippen LogP contribution in [-0.4, -0.2) is 47.9 Å². The third-order valence-corrected chi connectivity index (χ3v) is 4.19. The molecule has 1 aromatic heterocycles. The number of nitrogens with zero attached hydrogens (tertiary/aromatic N) is 2. The van der Waals surface area contributed by atoms with Crippen molar-refractivity contribution in [2.45, 2.75) is 39.3 Å². The Morgan fingerprint density at radius 2 is 2.08 bits per heavy atom. The molecule has 0 aliphatic heterocycles. The van der Waals surface area contributed by atoms with Crippen molar-refractivity contribution in [2.75, 3.05) is 13.2 Å². The van der Waals surface area contributed by atoms with Crippen LogP contribution in [0.15, 0.2) is 30.5 Å². The van der Waals surface area contributed by atoms with E-state index < -0.39 is 5.97 Å². The smallest absolute Gasteiger partial charge is 0.374 e. The van der Waals surface area contributed by atoms with Crippen molar-refractivity contribution in [3.63, 3.8) is 0 Å². The van der Waals surface area contributed by atoms with E-state index in [1.165, 1.54) is 5.56 Å². The van der Waals surface area contributed by atoms with Crippen LogP contribution in [0.2, 0.25) is 0 Å². The van der Waals surface area contributed by atoms with Crippen LogP contribution < -0.4 is 5.23 Å². The fourth-order valence-corrected chi connectivity index (χ4v) is 2.76. The first-order chi connectivity index (χ1) is 12.1. The molecule has 7 heteroatoms. The summed E-state index contributed by atoms with van der Waals surface area (Å²) < 4.78 is 6.87. The Morgan fingerprint density at radius 1 is 1.36 bits per heavy atom. The first-order valence-electron chi connectivity index (χ1n) is 8.74. The highest BCUT2D eigenvalue weighted by Gasteiger charge is 2.17. The van der Waals surface area contributed by atoms with Crippen LogP contribution in [0.3, 0.4) is 0 Å². The van der Waals surface area contributed by atoms with Gasteiger partial charge < -0.3 is 19.6 Å². The molecule has 0 aliphatic carbocycles. The number of aromatic nitrogens is 2. The molecule has 0 fully saturated rings. The number of benzene rings is 1. The molecule has 6 nitrogen and oxygen atoms in total. The van der Waals surface area contributed by atoms with E-state index in [-0.39, 0.29) is 12.6 Å². The van der Waals surface area contributed by atoms with Crippen LogP contribution in [0.25, 0.3) is 11.3 Å². The Hall–Kier alpha value is -2.12. The van der Waals surface area contributed by atoms with Crippen LogP contribution in [0.4, 0.5) is 0 Å². The van der Waals surface area contributed by atoms with Crippen LogP contribution in [-0.2, 0) is 17.7 Å². The summed E-state index contributed by atoms with van der Waals surface area (Å²) in [5.74, 6) is -0.0605. The molecule has 2 N–H and O–H groups in total. The Morgan fingerprint density at radius 3 is 2.64 bits per heavy atom. The number of rotatable bonds is 9. The molecule has 0 saturated carbocycles. The number of imidazole rings is 1. The molecule has 1 unspecified atom stereocenters. The normalized spacial score (nSPS) is 12.1. The van der Waals surface area contributed by atoms with E-state index in [0.29, 0.717) is 19.0 Å². The maximum absolute atomic E-state index is 12.0. The molecule has 0 radical (unpaired) electrons. The Kier molecular flexibility index (Phi) is 7.22. The number of aliphatic hydroxyl groups excluding tert-OH is 1. The summed E-state index contributed by atoms with van der Waals surface area (Å²) in [6.45, 7) is 4.92. The highest BCUT2D eigenvalue weighted by Crippen LogP contribution is 2.20. The largest absolute Gasteiger partial charge is 0.460 e. The van der Waals surface area contributed by atoms with E-state index in [9.17, 15) is 4.79 Å². The average Bonchev–Trinajstić information content (AvgIpc) is 3.06. The van der Waals surface area contributed by atoms with E-state index in [1.54, 1.807) is 11.5 Å². The molecule has 0 spiro atoms. The van der Waals surface area contributed by atoms with Gasteiger partial charge in [-0.15, -0.1) is 0 Å². The molecule has 1 aromatic carbocycles. The number of aryl methyl sites for hydroxylation is 1. The van der Waals surface area contributed by atoms with Gasteiger partial charge in [-0.25, -0.2) is 9.78 Å². The molecule has 0 amide bonds. The van der Waals surface area contributed by atoms with E-state index >= 15 is 0 Å². The lowest BCUT2D eigenvalue weighted by molar-refractivity contribution is 0.0506. The summed E-state index contributed by atoms with van der Waals surface area (Å²) in [5, 5.41) is 12.3. The number of ether oxygens (including phenoxy) is 1. The molecule has 2 rings (SSSR count). The molecule has 25 heavy (non-hydrogen) atoms. The number of nitrogens with one attached hydrogen (secondary N) is 1. The summed E-state index contributed by atoms with van der Waals surface area (Å²) in [5.41, 5.74) is 2.92. The van der Waals surface area contributed by atoms with Crippen molar-refractivity contribution >= 4 is 14.0 Å². The lowest BCUT2D eigenvalue weighted by Crippen LogP contribution is -2.29.